The molecule has 1 atom stereocenters. The lowest BCUT2D eigenvalue weighted by Crippen LogP contribution is -2.47. The first-order valence-electron chi connectivity index (χ1n) is 11.2. The molecule has 5 rings (SSSR count). The summed E-state index contributed by atoms with van der Waals surface area (Å²) in [5.41, 5.74) is 3.09. The Kier molecular flexibility index (Phi) is 5.92. The second kappa shape index (κ2) is 9.15. The van der Waals surface area contributed by atoms with Crippen LogP contribution in [0.2, 0.25) is 0 Å². The Bertz CT molecular complexity index is 1150. The molecule has 1 amide bonds. The number of fused-ring (bicyclic) bond motifs is 1. The first-order valence-corrected chi connectivity index (χ1v) is 11.2. The van der Waals surface area contributed by atoms with E-state index in [1.54, 1.807) is 0 Å². The summed E-state index contributed by atoms with van der Waals surface area (Å²) in [4.78, 5) is 25.1. The molecule has 0 bridgehead atoms. The molecule has 1 N–H and O–H groups in total. The van der Waals surface area contributed by atoms with Crippen LogP contribution >= 0.6 is 0 Å². The zero-order valence-corrected chi connectivity index (χ0v) is 18.5. The Morgan fingerprint density at radius 2 is 1.85 bits per heavy atom. The van der Waals surface area contributed by atoms with Gasteiger partial charge in [0, 0.05) is 50.4 Å². The highest BCUT2D eigenvalue weighted by Gasteiger charge is 2.24. The number of halogens is 1. The van der Waals surface area contributed by atoms with Crippen LogP contribution < -0.4 is 15.0 Å². The summed E-state index contributed by atoms with van der Waals surface area (Å²) in [7, 11) is 0. The summed E-state index contributed by atoms with van der Waals surface area (Å²) >= 11 is 0. The molecular formula is C25H26FN5O2. The van der Waals surface area contributed by atoms with Crippen molar-refractivity contribution < 1.29 is 13.9 Å². The quantitative estimate of drug-likeness (QED) is 0.646. The van der Waals surface area contributed by atoms with E-state index in [2.05, 4.69) is 32.0 Å². The van der Waals surface area contributed by atoms with Crippen LogP contribution in [0.4, 0.5) is 10.2 Å². The Hall–Kier alpha value is -3.52. The number of carbonyl (C=O) groups excluding carboxylic acids is 1. The summed E-state index contributed by atoms with van der Waals surface area (Å²) in [5, 5.41) is 2.87. The van der Waals surface area contributed by atoms with E-state index in [-0.39, 0.29) is 17.8 Å². The fourth-order valence-corrected chi connectivity index (χ4v) is 4.46. The average Bonchev–Trinajstić information content (AvgIpc) is 2.84. The second-order valence-electron chi connectivity index (χ2n) is 8.41. The van der Waals surface area contributed by atoms with Gasteiger partial charge in [0.1, 0.15) is 23.7 Å². The Morgan fingerprint density at radius 1 is 1.06 bits per heavy atom. The highest BCUT2D eigenvalue weighted by molar-refractivity contribution is 5.81. The van der Waals surface area contributed by atoms with Crippen molar-refractivity contribution in [2.24, 2.45) is 0 Å². The van der Waals surface area contributed by atoms with Gasteiger partial charge in [-0.15, -0.1) is 0 Å². The minimum absolute atomic E-state index is 0.0249. The number of aromatic nitrogens is 2. The molecule has 1 fully saturated rings. The number of rotatable bonds is 5. The van der Waals surface area contributed by atoms with Crippen LogP contribution in [-0.2, 0) is 17.8 Å². The fraction of sp³-hybridized carbons (Fsp3) is 0.320. The molecule has 0 saturated carbocycles. The fourth-order valence-electron chi connectivity index (χ4n) is 4.46. The van der Waals surface area contributed by atoms with Crippen LogP contribution in [0.3, 0.4) is 0 Å². The van der Waals surface area contributed by atoms with Crippen molar-refractivity contribution in [2.45, 2.75) is 25.9 Å². The number of carbonyl (C=O) groups is 1. The zero-order chi connectivity index (χ0) is 22.8. The molecule has 0 aliphatic carbocycles. The SMILES string of the molecule is C[C@@H](c1ccc(F)cc1)N1CCN(c2cc(Oc3cccc4c3CNC(=O)C4)ncn2)CC1. The van der Waals surface area contributed by atoms with E-state index in [1.807, 2.05) is 36.4 Å². The van der Waals surface area contributed by atoms with Gasteiger partial charge in [-0.1, -0.05) is 24.3 Å². The summed E-state index contributed by atoms with van der Waals surface area (Å²) in [5.74, 6) is 1.82. The molecule has 1 saturated heterocycles. The average molecular weight is 448 g/mol. The lowest BCUT2D eigenvalue weighted by molar-refractivity contribution is -0.121. The van der Waals surface area contributed by atoms with Crippen molar-refractivity contribution in [1.29, 1.82) is 0 Å². The standard InChI is InChI=1S/C25H26FN5O2/c1-17(18-5-7-20(26)8-6-18)30-9-11-31(12-10-30)23-14-25(29-16-28-23)33-22-4-2-3-19-13-24(32)27-15-21(19)22/h2-8,14,16-17H,9-13,15H2,1H3,(H,27,32)/t17-/m0/s1. The lowest BCUT2D eigenvalue weighted by Gasteiger charge is -2.38. The molecule has 2 aliphatic rings. The largest absolute Gasteiger partial charge is 0.438 e. The van der Waals surface area contributed by atoms with Gasteiger partial charge >= 0.3 is 0 Å². The van der Waals surface area contributed by atoms with Gasteiger partial charge in [-0.05, 0) is 36.2 Å². The van der Waals surface area contributed by atoms with Crippen LogP contribution in [0.25, 0.3) is 0 Å². The minimum atomic E-state index is -0.210. The van der Waals surface area contributed by atoms with Gasteiger partial charge < -0.3 is 15.0 Å². The van der Waals surface area contributed by atoms with Crippen molar-refractivity contribution in [2.75, 3.05) is 31.1 Å². The van der Waals surface area contributed by atoms with Gasteiger partial charge in [-0.25, -0.2) is 14.4 Å². The number of nitrogens with one attached hydrogen (secondary N) is 1. The van der Waals surface area contributed by atoms with E-state index in [1.165, 1.54) is 18.5 Å². The number of hydrogen-bond acceptors (Lipinski definition) is 6. The highest BCUT2D eigenvalue weighted by atomic mass is 19.1. The van der Waals surface area contributed by atoms with E-state index in [0.29, 0.717) is 24.6 Å². The zero-order valence-electron chi connectivity index (χ0n) is 18.5. The topological polar surface area (TPSA) is 70.6 Å². The van der Waals surface area contributed by atoms with Gasteiger partial charge in [-0.3, -0.25) is 9.69 Å². The van der Waals surface area contributed by atoms with Crippen LogP contribution in [-0.4, -0.2) is 47.0 Å². The smallest absolute Gasteiger partial charge is 0.224 e. The molecule has 170 valence electrons. The minimum Gasteiger partial charge on any atom is -0.438 e. The third kappa shape index (κ3) is 4.66. The van der Waals surface area contributed by atoms with Crippen molar-refractivity contribution in [3.63, 3.8) is 0 Å². The molecule has 2 aliphatic heterocycles. The predicted molar refractivity (Wildman–Crippen MR) is 123 cm³/mol. The molecule has 3 heterocycles. The monoisotopic (exact) mass is 447 g/mol. The molecule has 8 heteroatoms. The Balaban J connectivity index is 1.25. The van der Waals surface area contributed by atoms with Crippen LogP contribution in [0.15, 0.2) is 54.9 Å². The molecule has 0 spiro atoms. The summed E-state index contributed by atoms with van der Waals surface area (Å²) in [6, 6.07) is 14.6. The maximum Gasteiger partial charge on any atom is 0.224 e. The maximum atomic E-state index is 13.2. The molecular weight excluding hydrogens is 421 g/mol. The molecule has 3 aromatic rings. The normalized spacial score (nSPS) is 17.3. The third-order valence-corrected chi connectivity index (χ3v) is 6.42. The van der Waals surface area contributed by atoms with Crippen molar-refractivity contribution in [1.82, 2.24) is 20.2 Å². The molecule has 2 aromatic carbocycles. The van der Waals surface area contributed by atoms with Crippen LogP contribution in [0, 0.1) is 5.82 Å². The van der Waals surface area contributed by atoms with Gasteiger partial charge in [0.25, 0.3) is 0 Å². The lowest BCUT2D eigenvalue weighted by atomic mass is 10.00. The van der Waals surface area contributed by atoms with E-state index in [9.17, 15) is 9.18 Å². The molecule has 7 nitrogen and oxygen atoms in total. The van der Waals surface area contributed by atoms with Crippen molar-refractivity contribution >= 4 is 11.7 Å². The van der Waals surface area contributed by atoms with Gasteiger partial charge in [0.15, 0.2) is 0 Å². The van der Waals surface area contributed by atoms with E-state index < -0.39 is 0 Å². The summed E-state index contributed by atoms with van der Waals surface area (Å²) in [6.45, 7) is 6.03. The second-order valence-corrected chi connectivity index (χ2v) is 8.41. The highest BCUT2D eigenvalue weighted by Crippen LogP contribution is 2.30. The molecule has 1 aromatic heterocycles. The first-order chi connectivity index (χ1) is 16.1. The van der Waals surface area contributed by atoms with Gasteiger partial charge in [-0.2, -0.15) is 0 Å². The van der Waals surface area contributed by atoms with Crippen molar-refractivity contribution in [3.8, 4) is 11.6 Å². The number of ether oxygens (including phenoxy) is 1. The van der Waals surface area contributed by atoms with E-state index >= 15 is 0 Å². The van der Waals surface area contributed by atoms with Crippen molar-refractivity contribution in [3.05, 3.63) is 77.4 Å². The molecule has 33 heavy (non-hydrogen) atoms. The number of hydrogen-bond donors (Lipinski definition) is 1. The first kappa shape index (κ1) is 21.3. The molecule has 0 radical (unpaired) electrons. The Labute approximate surface area is 192 Å². The van der Waals surface area contributed by atoms with E-state index in [4.69, 9.17) is 4.74 Å². The van der Waals surface area contributed by atoms with Gasteiger partial charge in [0.2, 0.25) is 11.8 Å². The number of piperazine rings is 1. The summed E-state index contributed by atoms with van der Waals surface area (Å²) < 4.78 is 19.3. The van der Waals surface area contributed by atoms with Crippen LogP contribution in [0.1, 0.15) is 29.7 Å². The maximum absolute atomic E-state index is 13.2. The third-order valence-electron chi connectivity index (χ3n) is 6.42. The molecule has 0 unspecified atom stereocenters. The van der Waals surface area contributed by atoms with E-state index in [0.717, 1.165) is 48.7 Å². The van der Waals surface area contributed by atoms with Gasteiger partial charge in [0.05, 0.1) is 6.42 Å². The summed E-state index contributed by atoms with van der Waals surface area (Å²) in [6.07, 6.45) is 1.89. The Morgan fingerprint density at radius 3 is 2.64 bits per heavy atom. The number of benzene rings is 2. The predicted octanol–water partition coefficient (Wildman–Crippen LogP) is 3.46. The number of nitrogens with zero attached hydrogens (tertiary/aromatic N) is 4. The number of amides is 1. The number of anilines is 1. The van der Waals surface area contributed by atoms with Crippen LogP contribution in [0.5, 0.6) is 11.6 Å².